The number of carbonyl (C=O) groups excluding carboxylic acids is 2. The van der Waals surface area contributed by atoms with Crippen LogP contribution in [-0.4, -0.2) is 56.4 Å². The highest BCUT2D eigenvalue weighted by Crippen LogP contribution is 2.35. The van der Waals surface area contributed by atoms with Crippen molar-refractivity contribution in [3.05, 3.63) is 65.0 Å². The predicted octanol–water partition coefficient (Wildman–Crippen LogP) is 4.90. The molecule has 1 atom stereocenters. The number of likely N-dealkylation sites (tertiary alicyclic amines) is 1. The Kier molecular flexibility index (Phi) is 7.31. The summed E-state index contributed by atoms with van der Waals surface area (Å²) in [5, 5.41) is 7.03. The van der Waals surface area contributed by atoms with Gasteiger partial charge in [-0.3, -0.25) is 19.9 Å². The van der Waals surface area contributed by atoms with Crippen molar-refractivity contribution in [2.45, 2.75) is 57.5 Å². The molecule has 1 aliphatic heterocycles. The molecule has 1 aromatic carbocycles. The molecular formula is C28H33ClN6O2. The summed E-state index contributed by atoms with van der Waals surface area (Å²) < 4.78 is 2.01. The lowest BCUT2D eigenvalue weighted by molar-refractivity contribution is -0.126. The van der Waals surface area contributed by atoms with Gasteiger partial charge in [0.15, 0.2) is 0 Å². The second kappa shape index (κ2) is 10.6. The quantitative estimate of drug-likeness (QED) is 0.432. The molecule has 2 amide bonds. The van der Waals surface area contributed by atoms with Gasteiger partial charge in [-0.2, -0.15) is 0 Å². The molecule has 37 heavy (non-hydrogen) atoms. The van der Waals surface area contributed by atoms with Gasteiger partial charge in [0.1, 0.15) is 0 Å². The van der Waals surface area contributed by atoms with Crippen molar-refractivity contribution < 1.29 is 9.59 Å². The average Bonchev–Trinajstić information content (AvgIpc) is 3.57. The largest absolute Gasteiger partial charge is 0.337 e. The van der Waals surface area contributed by atoms with Crippen LogP contribution in [0.1, 0.15) is 61.1 Å². The van der Waals surface area contributed by atoms with Gasteiger partial charge in [-0.15, -0.1) is 0 Å². The van der Waals surface area contributed by atoms with Crippen LogP contribution in [0.4, 0.5) is 5.95 Å². The third-order valence-electron chi connectivity index (χ3n) is 7.28. The molecule has 9 heteroatoms. The van der Waals surface area contributed by atoms with Crippen molar-refractivity contribution in [2.75, 3.05) is 25.0 Å². The molecule has 2 aliphatic rings. The Balaban J connectivity index is 1.40. The van der Waals surface area contributed by atoms with Crippen LogP contribution in [0.5, 0.6) is 0 Å². The molecule has 3 heterocycles. The summed E-state index contributed by atoms with van der Waals surface area (Å²) in [6.07, 6.45) is 10.3. The van der Waals surface area contributed by atoms with E-state index in [0.717, 1.165) is 30.5 Å². The van der Waals surface area contributed by atoms with E-state index in [-0.39, 0.29) is 23.4 Å². The summed E-state index contributed by atoms with van der Waals surface area (Å²) in [6, 6.07) is 8.91. The van der Waals surface area contributed by atoms with Gasteiger partial charge in [0.25, 0.3) is 5.91 Å². The van der Waals surface area contributed by atoms with E-state index in [1.807, 2.05) is 40.7 Å². The molecule has 1 saturated heterocycles. The number of hydrogen-bond acceptors (Lipinski definition) is 5. The lowest BCUT2D eigenvalue weighted by Crippen LogP contribution is -2.35. The maximum atomic E-state index is 13.1. The molecule has 8 nitrogen and oxygen atoms in total. The number of pyridine rings is 1. The first kappa shape index (κ1) is 25.4. The van der Waals surface area contributed by atoms with Crippen LogP contribution >= 0.6 is 11.6 Å². The second-order valence-electron chi connectivity index (χ2n) is 10.3. The van der Waals surface area contributed by atoms with Gasteiger partial charge in [0, 0.05) is 48.7 Å². The van der Waals surface area contributed by atoms with E-state index >= 15 is 0 Å². The molecule has 2 fully saturated rings. The van der Waals surface area contributed by atoms with Crippen molar-refractivity contribution in [3.8, 4) is 0 Å². The zero-order valence-corrected chi connectivity index (χ0v) is 22.1. The number of nitrogens with one attached hydrogen (secondary N) is 2. The number of imidazole rings is 1. The monoisotopic (exact) mass is 520 g/mol. The molecule has 0 spiro atoms. The Morgan fingerprint density at radius 1 is 1.24 bits per heavy atom. The summed E-state index contributed by atoms with van der Waals surface area (Å²) in [6.45, 7) is 5.95. The minimum atomic E-state index is -0.264. The van der Waals surface area contributed by atoms with E-state index in [9.17, 15) is 9.59 Å². The number of aryl methyl sites for hydroxylation is 1. The van der Waals surface area contributed by atoms with Crippen LogP contribution in [0.3, 0.4) is 0 Å². The minimum absolute atomic E-state index is 0.00279. The average molecular weight is 521 g/mol. The van der Waals surface area contributed by atoms with E-state index in [4.69, 9.17) is 16.6 Å². The molecule has 0 bridgehead atoms. The first-order valence-corrected chi connectivity index (χ1v) is 13.3. The number of rotatable bonds is 7. The Labute approximate surface area is 222 Å². The predicted molar refractivity (Wildman–Crippen MR) is 146 cm³/mol. The maximum Gasteiger partial charge on any atom is 0.258 e. The van der Waals surface area contributed by atoms with Crippen LogP contribution < -0.4 is 10.6 Å². The molecule has 2 N–H and O–H groups in total. The number of carbonyl (C=O) groups is 2. The summed E-state index contributed by atoms with van der Waals surface area (Å²) >= 11 is 6.65. The number of fused-ring (bicyclic) bond motifs is 1. The summed E-state index contributed by atoms with van der Waals surface area (Å²) in [4.78, 5) is 37.0. The van der Waals surface area contributed by atoms with Crippen LogP contribution in [0.15, 0.2) is 48.7 Å². The number of nitrogens with zero attached hydrogens (tertiary/aromatic N) is 4. The summed E-state index contributed by atoms with van der Waals surface area (Å²) in [7, 11) is 0. The number of aromatic nitrogens is 3. The highest BCUT2D eigenvalue weighted by Gasteiger charge is 2.36. The van der Waals surface area contributed by atoms with E-state index < -0.39 is 0 Å². The van der Waals surface area contributed by atoms with Gasteiger partial charge in [-0.1, -0.05) is 23.7 Å². The van der Waals surface area contributed by atoms with Crippen LogP contribution in [0, 0.1) is 6.92 Å². The fourth-order valence-electron chi connectivity index (χ4n) is 4.88. The van der Waals surface area contributed by atoms with E-state index in [1.165, 1.54) is 12.8 Å². The molecule has 0 radical (unpaired) electrons. The van der Waals surface area contributed by atoms with E-state index in [1.54, 1.807) is 24.4 Å². The summed E-state index contributed by atoms with van der Waals surface area (Å²) in [5.41, 5.74) is 2.97. The van der Waals surface area contributed by atoms with Gasteiger partial charge in [-0.25, -0.2) is 4.98 Å². The standard InChI is InChI=1S/C28H33ClN6O2/c1-19-17-20(11-15-30-19)26(37)33-27-32-23-9-5-8-22(29)25(23)35(27)21-7-3-4-16-34(18-21)24(36)10-6-14-31-28(2)12-13-28/h5-6,8-11,15,17,21,31H,3-4,7,12-14,16,18H2,1-2H3,(H,32,33,37)/t21-/m1/s1. The van der Waals surface area contributed by atoms with Gasteiger partial charge in [-0.05, 0) is 70.2 Å². The highest BCUT2D eigenvalue weighted by molar-refractivity contribution is 6.35. The van der Waals surface area contributed by atoms with Gasteiger partial charge < -0.3 is 14.8 Å². The zero-order chi connectivity index (χ0) is 26.0. The molecule has 194 valence electrons. The second-order valence-corrected chi connectivity index (χ2v) is 10.7. The first-order chi connectivity index (χ1) is 17.8. The fraction of sp³-hybridized carbons (Fsp3) is 0.429. The fourth-order valence-corrected chi connectivity index (χ4v) is 5.14. The third kappa shape index (κ3) is 5.86. The number of para-hydroxylation sites is 1. The topological polar surface area (TPSA) is 92.2 Å². The first-order valence-electron chi connectivity index (χ1n) is 12.9. The van der Waals surface area contributed by atoms with Crippen molar-refractivity contribution in [1.82, 2.24) is 24.8 Å². The van der Waals surface area contributed by atoms with E-state index in [0.29, 0.717) is 41.7 Å². The van der Waals surface area contributed by atoms with Crippen molar-refractivity contribution in [1.29, 1.82) is 0 Å². The van der Waals surface area contributed by atoms with Crippen molar-refractivity contribution in [3.63, 3.8) is 0 Å². The molecule has 3 aromatic rings. The lowest BCUT2D eigenvalue weighted by Gasteiger charge is -2.26. The van der Waals surface area contributed by atoms with Crippen molar-refractivity contribution >= 4 is 40.4 Å². The molecule has 0 unspecified atom stereocenters. The number of halogens is 1. The number of anilines is 1. The Bertz CT molecular complexity index is 1350. The van der Waals surface area contributed by atoms with E-state index in [2.05, 4.69) is 22.5 Å². The Hall–Kier alpha value is -3.23. The van der Waals surface area contributed by atoms with Gasteiger partial charge in [0.05, 0.1) is 22.1 Å². The lowest BCUT2D eigenvalue weighted by atomic mass is 10.1. The Morgan fingerprint density at radius 2 is 2.08 bits per heavy atom. The number of benzene rings is 1. The zero-order valence-electron chi connectivity index (χ0n) is 21.3. The highest BCUT2D eigenvalue weighted by atomic mass is 35.5. The molecule has 1 saturated carbocycles. The molecule has 2 aromatic heterocycles. The molecular weight excluding hydrogens is 488 g/mol. The normalized spacial score (nSPS) is 19.2. The third-order valence-corrected chi connectivity index (χ3v) is 7.58. The smallest absolute Gasteiger partial charge is 0.258 e. The SMILES string of the molecule is Cc1cc(C(=O)Nc2nc3cccc(Cl)c3n2[C@@H]2CCCCN(C(=O)C=CCNC3(C)CC3)C2)ccn1. The number of hydrogen-bond donors (Lipinski definition) is 2. The van der Waals surface area contributed by atoms with Crippen molar-refractivity contribution in [2.24, 2.45) is 0 Å². The van der Waals surface area contributed by atoms with Gasteiger partial charge in [0.2, 0.25) is 11.9 Å². The minimum Gasteiger partial charge on any atom is -0.337 e. The summed E-state index contributed by atoms with van der Waals surface area (Å²) in [5.74, 6) is 0.168. The maximum absolute atomic E-state index is 13.1. The van der Waals surface area contributed by atoms with Crippen LogP contribution in [-0.2, 0) is 4.79 Å². The molecule has 1 aliphatic carbocycles. The van der Waals surface area contributed by atoms with Crippen LogP contribution in [0.2, 0.25) is 5.02 Å². The number of amides is 2. The van der Waals surface area contributed by atoms with Gasteiger partial charge >= 0.3 is 0 Å². The van der Waals surface area contributed by atoms with Crippen LogP contribution in [0.25, 0.3) is 11.0 Å². The Morgan fingerprint density at radius 3 is 2.86 bits per heavy atom. The molecule has 5 rings (SSSR count).